The first-order valence-electron chi connectivity index (χ1n) is 8.59. The summed E-state index contributed by atoms with van der Waals surface area (Å²) in [5.41, 5.74) is 0. The van der Waals surface area contributed by atoms with E-state index in [9.17, 15) is 4.79 Å². The van der Waals surface area contributed by atoms with E-state index >= 15 is 0 Å². The van der Waals surface area contributed by atoms with E-state index in [1.165, 1.54) is 25.7 Å². The second-order valence-corrected chi connectivity index (χ2v) is 5.37. The zero-order chi connectivity index (χ0) is 16.3. The quantitative estimate of drug-likeness (QED) is 0.266. The molecule has 23 heavy (non-hydrogen) atoms. The van der Waals surface area contributed by atoms with Gasteiger partial charge in [0.05, 0.1) is 0 Å². The molecule has 0 aliphatic carbocycles. The van der Waals surface area contributed by atoms with Gasteiger partial charge in [-0.15, -0.1) is 0 Å². The largest absolute Gasteiger partial charge is 0.481 e. The molecular formula is C20H34MgO2. The second-order valence-electron chi connectivity index (χ2n) is 5.37. The fourth-order valence-electron chi connectivity index (χ4n) is 1.93. The highest BCUT2D eigenvalue weighted by molar-refractivity contribution is 5.75. The SMILES string of the molecule is CCCCC/C=C\C/C=C\C/C=C\C/C=C\CCCC(=O)O.[MgH2]. The molecule has 0 radical (unpaired) electrons. The molecule has 0 unspecified atom stereocenters. The predicted molar refractivity (Wildman–Crippen MR) is 105 cm³/mol. The van der Waals surface area contributed by atoms with Gasteiger partial charge in [0.1, 0.15) is 0 Å². The third-order valence-electron chi connectivity index (χ3n) is 3.22. The first-order valence-corrected chi connectivity index (χ1v) is 8.59. The van der Waals surface area contributed by atoms with E-state index in [1.54, 1.807) is 0 Å². The summed E-state index contributed by atoms with van der Waals surface area (Å²) >= 11 is 0. The topological polar surface area (TPSA) is 37.3 Å². The molecule has 0 spiro atoms. The van der Waals surface area contributed by atoms with Gasteiger partial charge in [-0.05, 0) is 44.9 Å². The highest BCUT2D eigenvalue weighted by atomic mass is 24.3. The first-order chi connectivity index (χ1) is 10.8. The third kappa shape index (κ3) is 23.6. The minimum absolute atomic E-state index is 0. The number of carboxylic acid groups (broad SMARTS) is 1. The lowest BCUT2D eigenvalue weighted by molar-refractivity contribution is -0.137. The van der Waals surface area contributed by atoms with E-state index in [0.29, 0.717) is 0 Å². The Hall–Kier alpha value is -0.804. The Kier molecular flexibility index (Phi) is 22.5. The maximum Gasteiger partial charge on any atom is 0.316 e. The maximum atomic E-state index is 10.3. The van der Waals surface area contributed by atoms with Crippen LogP contribution in [0.3, 0.4) is 0 Å². The Morgan fingerprint density at radius 1 is 0.739 bits per heavy atom. The summed E-state index contributed by atoms with van der Waals surface area (Å²) in [6.45, 7) is 2.23. The van der Waals surface area contributed by atoms with Crippen LogP contribution in [0.5, 0.6) is 0 Å². The Morgan fingerprint density at radius 3 is 1.61 bits per heavy atom. The van der Waals surface area contributed by atoms with Crippen LogP contribution in [0.2, 0.25) is 0 Å². The van der Waals surface area contributed by atoms with Crippen molar-refractivity contribution in [2.24, 2.45) is 0 Å². The van der Waals surface area contributed by atoms with Crippen molar-refractivity contribution in [1.29, 1.82) is 0 Å². The molecule has 0 amide bonds. The molecule has 0 aromatic rings. The zero-order valence-electron chi connectivity index (χ0n) is 14.0. The predicted octanol–water partition coefficient (Wildman–Crippen LogP) is 5.30. The third-order valence-corrected chi connectivity index (χ3v) is 3.22. The van der Waals surface area contributed by atoms with Crippen molar-refractivity contribution in [1.82, 2.24) is 0 Å². The van der Waals surface area contributed by atoms with Gasteiger partial charge < -0.3 is 5.11 Å². The van der Waals surface area contributed by atoms with E-state index in [1.807, 2.05) is 0 Å². The highest BCUT2D eigenvalue weighted by Gasteiger charge is 1.92. The van der Waals surface area contributed by atoms with Crippen molar-refractivity contribution >= 4 is 29.0 Å². The molecule has 3 heteroatoms. The van der Waals surface area contributed by atoms with Crippen molar-refractivity contribution < 1.29 is 9.90 Å². The van der Waals surface area contributed by atoms with Crippen LogP contribution in [0.25, 0.3) is 0 Å². The van der Waals surface area contributed by atoms with E-state index in [-0.39, 0.29) is 29.5 Å². The Labute approximate surface area is 158 Å². The molecular weight excluding hydrogens is 297 g/mol. The minimum Gasteiger partial charge on any atom is -0.481 e. The average Bonchev–Trinajstić information content (AvgIpc) is 2.50. The number of carbonyl (C=O) groups is 1. The molecule has 0 aliphatic heterocycles. The number of allylic oxidation sites excluding steroid dienone is 8. The van der Waals surface area contributed by atoms with Crippen LogP contribution in [0.15, 0.2) is 48.6 Å². The van der Waals surface area contributed by atoms with Gasteiger partial charge in [-0.3, -0.25) is 4.79 Å². The second kappa shape index (κ2) is 21.2. The van der Waals surface area contributed by atoms with Gasteiger partial charge in [0.15, 0.2) is 0 Å². The number of unbranched alkanes of at least 4 members (excludes halogenated alkanes) is 4. The molecule has 0 saturated carbocycles. The number of hydrogen-bond acceptors (Lipinski definition) is 1. The molecule has 0 heterocycles. The normalized spacial score (nSPS) is 11.9. The van der Waals surface area contributed by atoms with Crippen LogP contribution < -0.4 is 0 Å². The van der Waals surface area contributed by atoms with Crippen LogP contribution in [0.4, 0.5) is 0 Å². The van der Waals surface area contributed by atoms with Crippen LogP contribution in [0, 0.1) is 0 Å². The van der Waals surface area contributed by atoms with Crippen molar-refractivity contribution in [2.45, 2.75) is 71.1 Å². The molecule has 0 bridgehead atoms. The van der Waals surface area contributed by atoms with E-state index in [0.717, 1.165) is 32.1 Å². The summed E-state index contributed by atoms with van der Waals surface area (Å²) in [7, 11) is 0. The monoisotopic (exact) mass is 330 g/mol. The van der Waals surface area contributed by atoms with Crippen molar-refractivity contribution in [3.05, 3.63) is 48.6 Å². The molecule has 1 N–H and O–H groups in total. The molecule has 2 nitrogen and oxygen atoms in total. The lowest BCUT2D eigenvalue weighted by atomic mass is 10.2. The summed E-state index contributed by atoms with van der Waals surface area (Å²) in [6.07, 6.45) is 27.3. The van der Waals surface area contributed by atoms with E-state index < -0.39 is 5.97 Å². The van der Waals surface area contributed by atoms with Gasteiger partial charge in [0.2, 0.25) is 0 Å². The highest BCUT2D eigenvalue weighted by Crippen LogP contribution is 2.01. The fourth-order valence-corrected chi connectivity index (χ4v) is 1.93. The molecule has 0 rings (SSSR count). The summed E-state index contributed by atoms with van der Waals surface area (Å²) < 4.78 is 0. The Morgan fingerprint density at radius 2 is 1.17 bits per heavy atom. The van der Waals surface area contributed by atoms with Gasteiger partial charge >= 0.3 is 29.0 Å². The summed E-state index contributed by atoms with van der Waals surface area (Å²) in [5.74, 6) is -0.712. The van der Waals surface area contributed by atoms with Crippen molar-refractivity contribution in [3.8, 4) is 0 Å². The van der Waals surface area contributed by atoms with Gasteiger partial charge in [0, 0.05) is 6.42 Å². The Bertz CT molecular complexity index is 368. The standard InChI is InChI=1S/C20H32O2.Mg.2H/c1-2-3-4-5-6-7-8-9-10-11-12-13-14-15-16-17-18-19-20(21)22;;;/h6-7,9-10,12-13,15-16H,2-5,8,11,14,17-19H2,1H3,(H,21,22);;;/b7-6-,10-9-,13-12-,16-15-;;;. The minimum atomic E-state index is -0.712. The molecule has 0 saturated heterocycles. The molecule has 0 aromatic heterocycles. The molecule has 0 aliphatic rings. The molecule has 128 valence electrons. The average molecular weight is 331 g/mol. The summed E-state index contributed by atoms with van der Waals surface area (Å²) in [4.78, 5) is 10.3. The lowest BCUT2D eigenvalue weighted by Gasteiger charge is -1.90. The summed E-state index contributed by atoms with van der Waals surface area (Å²) in [5, 5.41) is 8.49. The van der Waals surface area contributed by atoms with Crippen LogP contribution >= 0.6 is 0 Å². The lowest BCUT2D eigenvalue weighted by Crippen LogP contribution is -1.92. The molecule has 0 fully saturated rings. The molecule has 0 atom stereocenters. The van der Waals surface area contributed by atoms with Gasteiger partial charge in [-0.25, -0.2) is 0 Å². The first kappa shape index (κ1) is 24.4. The van der Waals surface area contributed by atoms with Gasteiger partial charge in [0.25, 0.3) is 0 Å². The van der Waals surface area contributed by atoms with Crippen molar-refractivity contribution in [3.63, 3.8) is 0 Å². The van der Waals surface area contributed by atoms with Crippen LogP contribution in [-0.2, 0) is 4.79 Å². The van der Waals surface area contributed by atoms with E-state index in [2.05, 4.69) is 55.5 Å². The van der Waals surface area contributed by atoms with Gasteiger partial charge in [-0.2, -0.15) is 0 Å². The number of aliphatic carboxylic acids is 1. The number of rotatable bonds is 14. The van der Waals surface area contributed by atoms with Crippen LogP contribution in [0.1, 0.15) is 71.1 Å². The smallest absolute Gasteiger partial charge is 0.316 e. The fraction of sp³-hybridized carbons (Fsp3) is 0.550. The van der Waals surface area contributed by atoms with Crippen molar-refractivity contribution in [2.75, 3.05) is 0 Å². The maximum absolute atomic E-state index is 10.3. The molecule has 0 aromatic carbocycles. The van der Waals surface area contributed by atoms with Gasteiger partial charge in [-0.1, -0.05) is 68.4 Å². The zero-order valence-corrected chi connectivity index (χ0v) is 14.0. The Balaban J connectivity index is 0. The number of hydrogen-bond donors (Lipinski definition) is 1. The van der Waals surface area contributed by atoms with E-state index in [4.69, 9.17) is 5.11 Å². The summed E-state index contributed by atoms with van der Waals surface area (Å²) in [6, 6.07) is 0. The number of carboxylic acids is 1. The van der Waals surface area contributed by atoms with Crippen LogP contribution in [-0.4, -0.2) is 34.1 Å².